The molecule has 0 spiro atoms. The molecule has 21 heavy (non-hydrogen) atoms. The molecule has 0 atom stereocenters. The molecule has 0 unspecified atom stereocenters. The number of anilines is 2. The average Bonchev–Trinajstić information content (AvgIpc) is 3.17. The van der Waals surface area contributed by atoms with Crippen LogP contribution in [-0.2, 0) is 0 Å². The van der Waals surface area contributed by atoms with Crippen LogP contribution in [0.5, 0.6) is 0 Å². The van der Waals surface area contributed by atoms with Crippen LogP contribution >= 0.6 is 0 Å². The fourth-order valence-corrected chi connectivity index (χ4v) is 2.50. The maximum Gasteiger partial charge on any atom is 0.180 e. The molecule has 0 aliphatic carbocycles. The number of fused-ring (bicyclic) bond motifs is 1. The lowest BCUT2D eigenvalue weighted by Crippen LogP contribution is -2.19. The van der Waals surface area contributed by atoms with E-state index >= 15 is 0 Å². The molecule has 3 rings (SSSR count). The lowest BCUT2D eigenvalue weighted by molar-refractivity contribution is 0.899. The van der Waals surface area contributed by atoms with Gasteiger partial charge in [0.05, 0.1) is 6.20 Å². The van der Waals surface area contributed by atoms with E-state index in [2.05, 4.69) is 15.3 Å². The molecule has 1 saturated heterocycles. The third kappa shape index (κ3) is 2.74. The summed E-state index contributed by atoms with van der Waals surface area (Å²) in [5, 5.41) is 14.8. The summed E-state index contributed by atoms with van der Waals surface area (Å²) in [6.45, 7) is 4.18. The standard InChI is InChI=1S/C15H20N6/c1-2-12(9-16)10-17-13-11-18-21-8-5-14(19-15(13)21)20-6-3-4-7-20/h5,8-11,16-17H,2-4,6-7H2,1H3/b12-10-,16-9?. The zero-order valence-electron chi connectivity index (χ0n) is 12.2. The third-order valence-electron chi connectivity index (χ3n) is 3.79. The largest absolute Gasteiger partial charge is 0.357 e. The Hall–Kier alpha value is -2.37. The van der Waals surface area contributed by atoms with Gasteiger partial charge < -0.3 is 15.6 Å². The van der Waals surface area contributed by atoms with Gasteiger partial charge in [0.25, 0.3) is 0 Å². The monoisotopic (exact) mass is 284 g/mol. The highest BCUT2D eigenvalue weighted by molar-refractivity contribution is 5.77. The summed E-state index contributed by atoms with van der Waals surface area (Å²) >= 11 is 0. The zero-order chi connectivity index (χ0) is 14.7. The Bertz CT molecular complexity index is 666. The molecule has 0 saturated carbocycles. The Morgan fingerprint density at radius 1 is 1.43 bits per heavy atom. The zero-order valence-corrected chi connectivity index (χ0v) is 12.2. The number of aromatic nitrogens is 3. The average molecular weight is 284 g/mol. The molecule has 2 aromatic rings. The van der Waals surface area contributed by atoms with Crippen molar-refractivity contribution in [2.24, 2.45) is 0 Å². The molecule has 3 heterocycles. The Labute approximate surface area is 124 Å². The highest BCUT2D eigenvalue weighted by atomic mass is 15.3. The van der Waals surface area contributed by atoms with Crippen molar-refractivity contribution in [3.63, 3.8) is 0 Å². The van der Waals surface area contributed by atoms with Crippen LogP contribution < -0.4 is 10.2 Å². The highest BCUT2D eigenvalue weighted by Crippen LogP contribution is 2.21. The van der Waals surface area contributed by atoms with Crippen molar-refractivity contribution in [3.05, 3.63) is 30.2 Å². The van der Waals surface area contributed by atoms with Crippen molar-refractivity contribution in [2.45, 2.75) is 26.2 Å². The van der Waals surface area contributed by atoms with Crippen molar-refractivity contribution >= 4 is 23.4 Å². The van der Waals surface area contributed by atoms with Gasteiger partial charge in [0, 0.05) is 31.7 Å². The van der Waals surface area contributed by atoms with Crippen LogP contribution in [0.1, 0.15) is 26.2 Å². The molecule has 6 heteroatoms. The SMILES string of the molecule is CC/C(C=N)=C/Nc1cnn2ccc(N3CCCC3)nc12. The van der Waals surface area contributed by atoms with Gasteiger partial charge in [0.1, 0.15) is 11.5 Å². The second-order valence-corrected chi connectivity index (χ2v) is 5.17. The lowest BCUT2D eigenvalue weighted by Gasteiger charge is -2.16. The van der Waals surface area contributed by atoms with Gasteiger partial charge in [0.2, 0.25) is 0 Å². The molecular formula is C15H20N6. The second kappa shape index (κ2) is 5.95. The number of rotatable bonds is 5. The number of allylic oxidation sites excluding steroid dienone is 1. The van der Waals surface area contributed by atoms with Crippen molar-refractivity contribution < 1.29 is 0 Å². The van der Waals surface area contributed by atoms with E-state index in [0.717, 1.165) is 42.2 Å². The van der Waals surface area contributed by atoms with Crippen LogP contribution in [0.3, 0.4) is 0 Å². The van der Waals surface area contributed by atoms with E-state index in [4.69, 9.17) is 10.4 Å². The molecule has 0 bridgehead atoms. The maximum atomic E-state index is 7.32. The fourth-order valence-electron chi connectivity index (χ4n) is 2.50. The molecule has 0 amide bonds. The van der Waals surface area contributed by atoms with E-state index < -0.39 is 0 Å². The topological polar surface area (TPSA) is 69.3 Å². The molecule has 2 aromatic heterocycles. The predicted octanol–water partition coefficient (Wildman–Crippen LogP) is 2.68. The van der Waals surface area contributed by atoms with Crippen molar-refractivity contribution in [1.82, 2.24) is 14.6 Å². The summed E-state index contributed by atoms with van der Waals surface area (Å²) in [6, 6.07) is 2.01. The number of nitrogens with one attached hydrogen (secondary N) is 2. The minimum absolute atomic E-state index is 0.816. The molecule has 1 aliphatic heterocycles. The summed E-state index contributed by atoms with van der Waals surface area (Å²) in [5.41, 5.74) is 2.62. The summed E-state index contributed by atoms with van der Waals surface area (Å²) in [6.07, 6.45) is 10.2. The first-order valence-corrected chi connectivity index (χ1v) is 7.37. The van der Waals surface area contributed by atoms with Crippen LogP contribution in [0.4, 0.5) is 11.5 Å². The minimum atomic E-state index is 0.816. The number of nitrogens with zero attached hydrogens (tertiary/aromatic N) is 4. The van der Waals surface area contributed by atoms with Crippen LogP contribution in [0.25, 0.3) is 5.65 Å². The first-order valence-electron chi connectivity index (χ1n) is 7.37. The molecular weight excluding hydrogens is 264 g/mol. The van der Waals surface area contributed by atoms with Crippen LogP contribution in [0, 0.1) is 5.41 Å². The molecule has 0 aromatic carbocycles. The van der Waals surface area contributed by atoms with Gasteiger partial charge >= 0.3 is 0 Å². The lowest BCUT2D eigenvalue weighted by atomic mass is 10.2. The van der Waals surface area contributed by atoms with E-state index in [0.29, 0.717) is 0 Å². The molecule has 0 radical (unpaired) electrons. The Morgan fingerprint density at radius 2 is 2.24 bits per heavy atom. The Balaban J connectivity index is 1.90. The van der Waals surface area contributed by atoms with Gasteiger partial charge in [-0.15, -0.1) is 0 Å². The predicted molar refractivity (Wildman–Crippen MR) is 85.2 cm³/mol. The Kier molecular flexibility index (Phi) is 3.85. The van der Waals surface area contributed by atoms with Crippen LogP contribution in [-0.4, -0.2) is 33.9 Å². The maximum absolute atomic E-state index is 7.32. The summed E-state index contributed by atoms with van der Waals surface area (Å²) in [7, 11) is 0. The first kappa shape index (κ1) is 13.6. The molecule has 1 aliphatic rings. The normalized spacial score (nSPS) is 15.7. The van der Waals surface area contributed by atoms with Crippen molar-refractivity contribution in [2.75, 3.05) is 23.3 Å². The van der Waals surface area contributed by atoms with Gasteiger partial charge in [-0.05, 0) is 30.9 Å². The summed E-state index contributed by atoms with van der Waals surface area (Å²) in [5.74, 6) is 1.01. The molecule has 6 nitrogen and oxygen atoms in total. The first-order chi connectivity index (χ1) is 10.3. The van der Waals surface area contributed by atoms with Gasteiger partial charge in [-0.3, -0.25) is 0 Å². The third-order valence-corrected chi connectivity index (χ3v) is 3.79. The van der Waals surface area contributed by atoms with Gasteiger partial charge in [0.15, 0.2) is 5.65 Å². The summed E-state index contributed by atoms with van der Waals surface area (Å²) < 4.78 is 1.77. The Morgan fingerprint density at radius 3 is 2.95 bits per heavy atom. The van der Waals surface area contributed by atoms with Gasteiger partial charge in [-0.25, -0.2) is 9.50 Å². The van der Waals surface area contributed by atoms with Crippen molar-refractivity contribution in [3.8, 4) is 0 Å². The molecule has 1 fully saturated rings. The second-order valence-electron chi connectivity index (χ2n) is 5.17. The van der Waals surface area contributed by atoms with E-state index in [9.17, 15) is 0 Å². The quantitative estimate of drug-likeness (QED) is 0.828. The fraction of sp³-hybridized carbons (Fsp3) is 0.400. The van der Waals surface area contributed by atoms with Crippen LogP contribution in [0.15, 0.2) is 30.2 Å². The van der Waals surface area contributed by atoms with E-state index in [-0.39, 0.29) is 0 Å². The smallest absolute Gasteiger partial charge is 0.180 e. The highest BCUT2D eigenvalue weighted by Gasteiger charge is 2.15. The van der Waals surface area contributed by atoms with Gasteiger partial charge in [-0.2, -0.15) is 5.10 Å². The van der Waals surface area contributed by atoms with Gasteiger partial charge in [-0.1, -0.05) is 6.92 Å². The summed E-state index contributed by atoms with van der Waals surface area (Å²) in [4.78, 5) is 7.03. The number of hydrogen-bond donors (Lipinski definition) is 2. The van der Waals surface area contributed by atoms with E-state index in [1.165, 1.54) is 19.1 Å². The van der Waals surface area contributed by atoms with Crippen LogP contribution in [0.2, 0.25) is 0 Å². The van der Waals surface area contributed by atoms with E-state index in [1.807, 2.05) is 25.4 Å². The van der Waals surface area contributed by atoms with E-state index in [1.54, 1.807) is 10.7 Å². The molecule has 2 N–H and O–H groups in total. The molecule has 110 valence electrons. The van der Waals surface area contributed by atoms with Crippen molar-refractivity contribution in [1.29, 1.82) is 5.41 Å². The minimum Gasteiger partial charge on any atom is -0.357 e. The number of hydrogen-bond acceptors (Lipinski definition) is 5.